The standard InChI is InChI=1S/C19H19Cl2NO6/c1-10-16(27-18(23)25-2)14(11-6-4-7-12(20)15(11)21)17(28-19(24)26-3)13-8-5-9-22(10)13/h4,6-7,14H,5,8-9H2,1-3H3. The Labute approximate surface area is 172 Å². The topological polar surface area (TPSA) is 74.3 Å². The molecule has 0 saturated carbocycles. The molecule has 0 bridgehead atoms. The number of hydrogen-bond acceptors (Lipinski definition) is 7. The fourth-order valence-corrected chi connectivity index (χ4v) is 3.88. The van der Waals surface area contributed by atoms with E-state index in [0.29, 0.717) is 29.2 Å². The van der Waals surface area contributed by atoms with Gasteiger partial charge in [-0.25, -0.2) is 9.59 Å². The normalized spacial score (nSPS) is 18.8. The molecule has 0 aliphatic carbocycles. The van der Waals surface area contributed by atoms with Crippen molar-refractivity contribution in [3.05, 3.63) is 56.7 Å². The molecule has 7 nitrogen and oxygen atoms in total. The van der Waals surface area contributed by atoms with Crippen LogP contribution < -0.4 is 0 Å². The molecule has 3 rings (SSSR count). The minimum Gasteiger partial charge on any atom is -0.437 e. The summed E-state index contributed by atoms with van der Waals surface area (Å²) < 4.78 is 20.3. The average Bonchev–Trinajstić information content (AvgIpc) is 3.18. The van der Waals surface area contributed by atoms with Gasteiger partial charge in [0.15, 0.2) is 0 Å². The maximum Gasteiger partial charge on any atom is 0.513 e. The number of allylic oxidation sites excluding steroid dienone is 2. The van der Waals surface area contributed by atoms with Crippen LogP contribution in [0.5, 0.6) is 0 Å². The molecule has 28 heavy (non-hydrogen) atoms. The highest BCUT2D eigenvalue weighted by Crippen LogP contribution is 2.48. The van der Waals surface area contributed by atoms with Crippen molar-refractivity contribution in [1.29, 1.82) is 0 Å². The van der Waals surface area contributed by atoms with Crippen LogP contribution in [0, 0.1) is 0 Å². The molecule has 0 spiro atoms. The van der Waals surface area contributed by atoms with E-state index in [1.807, 2.05) is 11.8 Å². The van der Waals surface area contributed by atoms with E-state index in [0.717, 1.165) is 12.1 Å². The number of methoxy groups -OCH3 is 2. The van der Waals surface area contributed by atoms with Crippen LogP contribution >= 0.6 is 23.2 Å². The summed E-state index contributed by atoms with van der Waals surface area (Å²) in [5.74, 6) is -0.229. The van der Waals surface area contributed by atoms with Gasteiger partial charge >= 0.3 is 12.3 Å². The number of carbonyl (C=O) groups excluding carboxylic acids is 2. The Balaban J connectivity index is 2.21. The summed E-state index contributed by atoms with van der Waals surface area (Å²) in [6.07, 6.45) is -0.237. The van der Waals surface area contributed by atoms with Crippen molar-refractivity contribution in [3.63, 3.8) is 0 Å². The van der Waals surface area contributed by atoms with Crippen molar-refractivity contribution in [1.82, 2.24) is 4.90 Å². The molecule has 2 aliphatic rings. The third-order valence-electron chi connectivity index (χ3n) is 4.70. The molecule has 0 radical (unpaired) electrons. The van der Waals surface area contributed by atoms with Crippen molar-refractivity contribution in [3.8, 4) is 0 Å². The minimum absolute atomic E-state index is 0.251. The van der Waals surface area contributed by atoms with Gasteiger partial charge in [-0.1, -0.05) is 35.3 Å². The van der Waals surface area contributed by atoms with Crippen LogP contribution in [-0.4, -0.2) is 38.0 Å². The molecular weight excluding hydrogens is 409 g/mol. The summed E-state index contributed by atoms with van der Waals surface area (Å²) in [6, 6.07) is 5.10. The van der Waals surface area contributed by atoms with Crippen LogP contribution in [0.2, 0.25) is 10.0 Å². The molecule has 1 saturated heterocycles. The third kappa shape index (κ3) is 3.64. The first-order valence-corrected chi connectivity index (χ1v) is 9.31. The second-order valence-electron chi connectivity index (χ2n) is 6.20. The quantitative estimate of drug-likeness (QED) is 0.613. The van der Waals surface area contributed by atoms with Crippen molar-refractivity contribution < 1.29 is 28.5 Å². The second kappa shape index (κ2) is 8.32. The van der Waals surface area contributed by atoms with Crippen LogP contribution in [0.4, 0.5) is 9.59 Å². The van der Waals surface area contributed by atoms with E-state index in [9.17, 15) is 9.59 Å². The van der Waals surface area contributed by atoms with Crippen LogP contribution in [-0.2, 0) is 18.9 Å². The summed E-state index contributed by atoms with van der Waals surface area (Å²) >= 11 is 12.7. The number of carbonyl (C=O) groups is 2. The number of benzene rings is 1. The van der Waals surface area contributed by atoms with Gasteiger partial charge in [0.1, 0.15) is 17.4 Å². The predicted octanol–water partition coefficient (Wildman–Crippen LogP) is 5.20. The lowest BCUT2D eigenvalue weighted by molar-refractivity contribution is 0.0750. The van der Waals surface area contributed by atoms with E-state index < -0.39 is 18.2 Å². The van der Waals surface area contributed by atoms with E-state index >= 15 is 0 Å². The van der Waals surface area contributed by atoms with Gasteiger partial charge in [-0.2, -0.15) is 0 Å². The lowest BCUT2D eigenvalue weighted by Gasteiger charge is -2.35. The lowest BCUT2D eigenvalue weighted by Crippen LogP contribution is -2.31. The highest BCUT2D eigenvalue weighted by molar-refractivity contribution is 6.42. The van der Waals surface area contributed by atoms with Gasteiger partial charge in [0.2, 0.25) is 0 Å². The maximum atomic E-state index is 12.0. The number of fused-ring (bicyclic) bond motifs is 1. The molecule has 2 heterocycles. The summed E-state index contributed by atoms with van der Waals surface area (Å²) in [7, 11) is 2.43. The molecular formula is C19H19Cl2NO6. The highest BCUT2D eigenvalue weighted by atomic mass is 35.5. The summed E-state index contributed by atoms with van der Waals surface area (Å²) in [6.45, 7) is 2.52. The molecule has 0 N–H and O–H groups in total. The molecule has 1 unspecified atom stereocenters. The smallest absolute Gasteiger partial charge is 0.437 e. The van der Waals surface area contributed by atoms with Crippen LogP contribution in [0.25, 0.3) is 0 Å². The fourth-order valence-electron chi connectivity index (χ4n) is 3.47. The van der Waals surface area contributed by atoms with Gasteiger partial charge in [0.05, 0.1) is 35.7 Å². The minimum atomic E-state index is -0.891. The zero-order valence-electron chi connectivity index (χ0n) is 15.6. The summed E-state index contributed by atoms with van der Waals surface area (Å²) in [5, 5.41) is 0.594. The Hall–Kier alpha value is -2.38. The van der Waals surface area contributed by atoms with Gasteiger partial charge in [-0.3, -0.25) is 0 Å². The molecule has 0 aromatic heterocycles. The van der Waals surface area contributed by atoms with E-state index in [2.05, 4.69) is 9.47 Å². The van der Waals surface area contributed by atoms with Crippen LogP contribution in [0.1, 0.15) is 31.2 Å². The van der Waals surface area contributed by atoms with E-state index in [4.69, 9.17) is 32.7 Å². The average molecular weight is 428 g/mol. The monoisotopic (exact) mass is 427 g/mol. The van der Waals surface area contributed by atoms with Gasteiger partial charge < -0.3 is 23.8 Å². The molecule has 150 valence electrons. The van der Waals surface area contributed by atoms with Crippen molar-refractivity contribution in [2.45, 2.75) is 25.7 Å². The summed E-state index contributed by atoms with van der Waals surface area (Å²) in [4.78, 5) is 25.8. The van der Waals surface area contributed by atoms with Gasteiger partial charge in [-0.15, -0.1) is 0 Å². The van der Waals surface area contributed by atoms with Crippen molar-refractivity contribution in [2.24, 2.45) is 0 Å². The van der Waals surface area contributed by atoms with E-state index in [1.54, 1.807) is 18.2 Å². The SMILES string of the molecule is COC(=O)OC1=C(C)N2CCCC2=C(OC(=O)OC)C1c1cccc(Cl)c1Cl. The lowest BCUT2D eigenvalue weighted by atomic mass is 9.89. The highest BCUT2D eigenvalue weighted by Gasteiger charge is 2.42. The zero-order valence-corrected chi connectivity index (χ0v) is 17.1. The maximum absolute atomic E-state index is 12.0. The molecule has 9 heteroatoms. The second-order valence-corrected chi connectivity index (χ2v) is 6.99. The van der Waals surface area contributed by atoms with E-state index in [1.165, 1.54) is 14.2 Å². The van der Waals surface area contributed by atoms with Crippen LogP contribution in [0.15, 0.2) is 41.1 Å². The molecule has 1 atom stereocenters. The Morgan fingerprint density at radius 3 is 2.36 bits per heavy atom. The summed E-state index contributed by atoms with van der Waals surface area (Å²) in [5.41, 5.74) is 2.04. The molecule has 2 aliphatic heterocycles. The molecule has 1 aromatic rings. The van der Waals surface area contributed by atoms with Gasteiger partial charge in [0, 0.05) is 6.54 Å². The number of nitrogens with zero attached hydrogens (tertiary/aromatic N) is 1. The number of rotatable bonds is 3. The Morgan fingerprint density at radius 1 is 1.07 bits per heavy atom. The zero-order chi connectivity index (χ0) is 20.4. The third-order valence-corrected chi connectivity index (χ3v) is 5.54. The van der Waals surface area contributed by atoms with Crippen LogP contribution in [0.3, 0.4) is 0 Å². The number of ether oxygens (including phenoxy) is 4. The first kappa shape index (κ1) is 20.4. The molecule has 0 amide bonds. The molecule has 1 fully saturated rings. The number of halogens is 2. The Bertz CT molecular complexity index is 879. The van der Waals surface area contributed by atoms with Crippen molar-refractivity contribution in [2.75, 3.05) is 20.8 Å². The largest absolute Gasteiger partial charge is 0.513 e. The first-order chi connectivity index (χ1) is 13.4. The van der Waals surface area contributed by atoms with Gasteiger partial charge in [0.25, 0.3) is 0 Å². The van der Waals surface area contributed by atoms with E-state index in [-0.39, 0.29) is 16.5 Å². The van der Waals surface area contributed by atoms with Crippen molar-refractivity contribution >= 4 is 35.5 Å². The molecule has 1 aromatic carbocycles. The first-order valence-electron chi connectivity index (χ1n) is 8.55. The number of hydrogen-bond donors (Lipinski definition) is 0. The van der Waals surface area contributed by atoms with Gasteiger partial charge in [-0.05, 0) is 31.4 Å². The fraction of sp³-hybridized carbons (Fsp3) is 0.368. The predicted molar refractivity (Wildman–Crippen MR) is 102 cm³/mol. The Morgan fingerprint density at radius 2 is 1.71 bits per heavy atom. The Kier molecular flexibility index (Phi) is 6.05.